The predicted molar refractivity (Wildman–Crippen MR) is 77.2 cm³/mol. The van der Waals surface area contributed by atoms with E-state index in [1.54, 1.807) is 16.8 Å². The Bertz CT molecular complexity index is 503. The van der Waals surface area contributed by atoms with Gasteiger partial charge in [-0.3, -0.25) is 4.79 Å². The topological polar surface area (TPSA) is 60.0 Å². The molecule has 4 nitrogen and oxygen atoms in total. The number of carbonyl (C=O) groups is 1. The molecule has 19 heavy (non-hydrogen) atoms. The fraction of sp³-hybridized carbons (Fsp3) is 0.643. The first-order valence-corrected chi connectivity index (χ1v) is 6.84. The molecule has 5 heteroatoms. The van der Waals surface area contributed by atoms with Crippen molar-refractivity contribution in [2.24, 2.45) is 23.6 Å². The maximum Gasteiger partial charge on any atom is 0.268 e. The molecule has 2 rings (SSSR count). The highest BCUT2D eigenvalue weighted by Crippen LogP contribution is 2.52. The number of carbonyl (C=O) groups excluding carboxylic acids is 1. The third kappa shape index (κ3) is 2.07. The Balaban J connectivity index is 2.18. The summed E-state index contributed by atoms with van der Waals surface area (Å²) in [4.78, 5) is 12.3. The maximum atomic E-state index is 12.3. The second kappa shape index (κ2) is 4.25. The third-order valence-electron chi connectivity index (χ3n) is 4.57. The van der Waals surface area contributed by atoms with Crippen LogP contribution in [0.2, 0.25) is 5.02 Å². The van der Waals surface area contributed by atoms with E-state index in [2.05, 4.69) is 33.0 Å². The number of hydrogen-bond donors (Lipinski definition) is 2. The number of nitrogens with zero attached hydrogens (tertiary/aromatic N) is 1. The van der Waals surface area contributed by atoms with Crippen molar-refractivity contribution in [1.29, 1.82) is 0 Å². The largest absolute Gasteiger partial charge is 0.347 e. The minimum absolute atomic E-state index is 0.0520. The summed E-state index contributed by atoms with van der Waals surface area (Å²) in [5, 5.41) is 3.67. The zero-order chi connectivity index (χ0) is 14.6. The Morgan fingerprint density at radius 1 is 1.37 bits per heavy atom. The van der Waals surface area contributed by atoms with E-state index in [1.807, 2.05) is 7.05 Å². The van der Waals surface area contributed by atoms with Crippen LogP contribution in [0.5, 0.6) is 0 Å². The molecule has 0 aliphatic heterocycles. The molecule has 0 atom stereocenters. The Morgan fingerprint density at radius 2 is 1.89 bits per heavy atom. The lowest BCUT2D eigenvalue weighted by atomic mass is 9.48. The molecular formula is C14H22ClN3O. The van der Waals surface area contributed by atoms with Crippen molar-refractivity contribution in [2.75, 3.05) is 0 Å². The summed E-state index contributed by atoms with van der Waals surface area (Å²) >= 11 is 5.91. The van der Waals surface area contributed by atoms with Crippen LogP contribution < -0.4 is 11.1 Å². The molecule has 0 aromatic carbocycles. The number of halogens is 1. The van der Waals surface area contributed by atoms with E-state index >= 15 is 0 Å². The lowest BCUT2D eigenvalue weighted by Crippen LogP contribution is -2.76. The molecular weight excluding hydrogens is 262 g/mol. The standard InChI is InChI=1S/C14H22ClN3O/c1-13(2)11(16)14(3,4)12(13)17-10(19)9-6-8(15)7-18(9)5/h6-7,11-12H,16H2,1-5H3,(H,17,19). The average molecular weight is 284 g/mol. The van der Waals surface area contributed by atoms with Gasteiger partial charge in [0, 0.05) is 36.2 Å². The van der Waals surface area contributed by atoms with E-state index in [1.165, 1.54) is 0 Å². The van der Waals surface area contributed by atoms with E-state index in [4.69, 9.17) is 17.3 Å². The lowest BCUT2D eigenvalue weighted by Gasteiger charge is -2.62. The minimum atomic E-state index is -0.104. The van der Waals surface area contributed by atoms with Gasteiger partial charge < -0.3 is 15.6 Å². The summed E-state index contributed by atoms with van der Waals surface area (Å²) in [6.07, 6.45) is 1.72. The molecule has 1 aliphatic carbocycles. The Hall–Kier alpha value is -1.00. The molecule has 1 fully saturated rings. The molecule has 0 saturated heterocycles. The van der Waals surface area contributed by atoms with Crippen LogP contribution in [-0.4, -0.2) is 22.6 Å². The highest BCUT2D eigenvalue weighted by Gasteiger charge is 2.60. The molecule has 0 spiro atoms. The first-order valence-electron chi connectivity index (χ1n) is 6.46. The normalized spacial score (nSPS) is 27.7. The maximum absolute atomic E-state index is 12.3. The van der Waals surface area contributed by atoms with Crippen molar-refractivity contribution >= 4 is 17.5 Å². The van der Waals surface area contributed by atoms with Crippen LogP contribution in [0.15, 0.2) is 12.3 Å². The highest BCUT2D eigenvalue weighted by molar-refractivity contribution is 6.31. The predicted octanol–water partition coefficient (Wildman–Crippen LogP) is 2.17. The van der Waals surface area contributed by atoms with Gasteiger partial charge in [-0.25, -0.2) is 0 Å². The summed E-state index contributed by atoms with van der Waals surface area (Å²) < 4.78 is 1.73. The fourth-order valence-electron chi connectivity index (χ4n) is 3.51. The van der Waals surface area contributed by atoms with Crippen molar-refractivity contribution in [3.8, 4) is 0 Å². The van der Waals surface area contributed by atoms with Crippen LogP contribution in [0.1, 0.15) is 38.2 Å². The van der Waals surface area contributed by atoms with Gasteiger partial charge in [0.1, 0.15) is 5.69 Å². The van der Waals surface area contributed by atoms with Gasteiger partial charge >= 0.3 is 0 Å². The van der Waals surface area contributed by atoms with Gasteiger partial charge in [0.2, 0.25) is 0 Å². The zero-order valence-corrected chi connectivity index (χ0v) is 12.9. The molecule has 1 saturated carbocycles. The Labute approximate surface area is 119 Å². The Kier molecular flexibility index (Phi) is 3.22. The SMILES string of the molecule is Cn1cc(Cl)cc1C(=O)NC1C(C)(C)C(N)C1(C)C. The zero-order valence-electron chi connectivity index (χ0n) is 12.1. The molecule has 1 amide bonds. The first-order chi connectivity index (χ1) is 8.58. The van der Waals surface area contributed by atoms with E-state index in [9.17, 15) is 4.79 Å². The van der Waals surface area contributed by atoms with Gasteiger partial charge in [-0.2, -0.15) is 0 Å². The number of hydrogen-bond acceptors (Lipinski definition) is 2. The molecule has 0 unspecified atom stereocenters. The summed E-state index contributed by atoms with van der Waals surface area (Å²) in [7, 11) is 1.81. The number of nitrogens with two attached hydrogens (primary N) is 1. The van der Waals surface area contributed by atoms with Crippen LogP contribution in [0.3, 0.4) is 0 Å². The monoisotopic (exact) mass is 283 g/mol. The molecule has 106 valence electrons. The van der Waals surface area contributed by atoms with E-state index in [-0.39, 0.29) is 28.8 Å². The third-order valence-corrected chi connectivity index (χ3v) is 4.78. The lowest BCUT2D eigenvalue weighted by molar-refractivity contribution is -0.0664. The Morgan fingerprint density at radius 3 is 2.32 bits per heavy atom. The van der Waals surface area contributed by atoms with Crippen LogP contribution >= 0.6 is 11.6 Å². The van der Waals surface area contributed by atoms with Crippen LogP contribution in [0.4, 0.5) is 0 Å². The van der Waals surface area contributed by atoms with Gasteiger partial charge in [0.05, 0.1) is 5.02 Å². The summed E-state index contributed by atoms with van der Waals surface area (Å²) in [6.45, 7) is 8.36. The van der Waals surface area contributed by atoms with E-state index < -0.39 is 0 Å². The molecule has 1 aromatic rings. The van der Waals surface area contributed by atoms with Gasteiger partial charge in [-0.05, 0) is 6.07 Å². The molecule has 1 aromatic heterocycles. The highest BCUT2D eigenvalue weighted by atomic mass is 35.5. The average Bonchev–Trinajstić information content (AvgIpc) is 2.63. The molecule has 3 N–H and O–H groups in total. The van der Waals surface area contributed by atoms with Crippen LogP contribution in [0, 0.1) is 10.8 Å². The molecule has 1 heterocycles. The van der Waals surface area contributed by atoms with Crippen molar-refractivity contribution < 1.29 is 4.79 Å². The number of aryl methyl sites for hydroxylation is 1. The summed E-state index contributed by atoms with van der Waals surface area (Å²) in [5.74, 6) is -0.104. The smallest absolute Gasteiger partial charge is 0.268 e. The second-order valence-corrected chi connectivity index (χ2v) is 7.12. The summed E-state index contributed by atoms with van der Waals surface area (Å²) in [5.41, 5.74) is 6.56. The number of aromatic nitrogens is 1. The molecule has 0 bridgehead atoms. The van der Waals surface area contributed by atoms with Crippen LogP contribution in [-0.2, 0) is 7.05 Å². The quantitative estimate of drug-likeness (QED) is 0.874. The van der Waals surface area contributed by atoms with Gasteiger partial charge in [-0.15, -0.1) is 0 Å². The van der Waals surface area contributed by atoms with Gasteiger partial charge in [0.25, 0.3) is 5.91 Å². The van der Waals surface area contributed by atoms with E-state index in [0.29, 0.717) is 10.7 Å². The molecule has 0 radical (unpaired) electrons. The fourth-order valence-corrected chi connectivity index (χ4v) is 3.76. The van der Waals surface area contributed by atoms with Crippen molar-refractivity contribution in [3.63, 3.8) is 0 Å². The van der Waals surface area contributed by atoms with E-state index in [0.717, 1.165) is 0 Å². The van der Waals surface area contributed by atoms with Crippen molar-refractivity contribution in [1.82, 2.24) is 9.88 Å². The van der Waals surface area contributed by atoms with Gasteiger partial charge in [0.15, 0.2) is 0 Å². The van der Waals surface area contributed by atoms with Crippen LogP contribution in [0.25, 0.3) is 0 Å². The number of rotatable bonds is 2. The number of amides is 1. The molecule has 1 aliphatic rings. The second-order valence-electron chi connectivity index (χ2n) is 6.68. The summed E-state index contributed by atoms with van der Waals surface area (Å²) in [6, 6.07) is 1.80. The first kappa shape index (κ1) is 14.4. The van der Waals surface area contributed by atoms with Crippen molar-refractivity contribution in [2.45, 2.75) is 39.8 Å². The van der Waals surface area contributed by atoms with Crippen molar-refractivity contribution in [3.05, 3.63) is 23.0 Å². The van der Waals surface area contributed by atoms with Gasteiger partial charge in [-0.1, -0.05) is 39.3 Å². The number of nitrogens with one attached hydrogen (secondary N) is 1. The minimum Gasteiger partial charge on any atom is -0.347 e.